The molecule has 1 saturated heterocycles. The van der Waals surface area contributed by atoms with Gasteiger partial charge < -0.3 is 4.74 Å². The number of esters is 1. The van der Waals surface area contributed by atoms with E-state index in [0.29, 0.717) is 17.7 Å². The van der Waals surface area contributed by atoms with Crippen molar-refractivity contribution in [1.82, 2.24) is 4.90 Å². The monoisotopic (exact) mass is 647 g/mol. The minimum Gasteiger partial charge on any atom is -0.456 e. The fourth-order valence-electron chi connectivity index (χ4n) is 6.06. The summed E-state index contributed by atoms with van der Waals surface area (Å²) in [5, 5.41) is 0. The number of amides is 2. The molecule has 0 unspecified atom stereocenters. The lowest BCUT2D eigenvalue weighted by Crippen LogP contribution is -2.47. The highest BCUT2D eigenvalue weighted by molar-refractivity contribution is 9.12. The number of nitrogens with zero attached hydrogens (tertiary/aromatic N) is 1. The second-order valence-electron chi connectivity index (χ2n) is 9.82. The predicted molar refractivity (Wildman–Crippen MR) is 150 cm³/mol. The first-order valence-corrected chi connectivity index (χ1v) is 15.5. The molecule has 2 amide bonds. The van der Waals surface area contributed by atoms with E-state index < -0.39 is 30.5 Å². The highest BCUT2D eigenvalue weighted by atomic mass is 79.9. The van der Waals surface area contributed by atoms with Crippen molar-refractivity contribution < 1.29 is 23.9 Å². The number of benzene rings is 2. The van der Waals surface area contributed by atoms with Gasteiger partial charge in [0.25, 0.3) is 0 Å². The standard InChI is InChI=1S/C28H27Br2NO5S/c1-37-12-11-20(31-26(33)22-18-13-19(23(22)27(31)34)25(30)24(18)29)28(35)36-14-21(32)17-9-7-16(8-10-17)15-5-3-2-4-6-15/h2-10,18-20,22-25H,11-14H2,1H3/t18-,19-,20+,22-,23-,24-,25+/m0/s1. The number of carbonyl (C=O) groups excluding carboxylic acids is 4. The minimum absolute atomic E-state index is 0.0680. The third-order valence-corrected chi connectivity index (χ3v) is 11.7. The van der Waals surface area contributed by atoms with Crippen LogP contribution in [0.3, 0.4) is 0 Å². The van der Waals surface area contributed by atoms with Crippen LogP contribution in [0.2, 0.25) is 0 Å². The molecule has 2 saturated carbocycles. The first-order chi connectivity index (χ1) is 17.8. The largest absolute Gasteiger partial charge is 0.456 e. The van der Waals surface area contributed by atoms with Gasteiger partial charge in [0.05, 0.1) is 11.8 Å². The number of ether oxygens (including phenoxy) is 1. The summed E-state index contributed by atoms with van der Waals surface area (Å²) in [6.07, 6.45) is 3.02. The van der Waals surface area contributed by atoms with Gasteiger partial charge in [0, 0.05) is 15.2 Å². The molecule has 1 aliphatic heterocycles. The van der Waals surface area contributed by atoms with E-state index in [2.05, 4.69) is 31.9 Å². The van der Waals surface area contributed by atoms with E-state index in [1.807, 2.05) is 48.7 Å². The number of halogens is 2. The highest BCUT2D eigenvalue weighted by Gasteiger charge is 2.67. The molecule has 6 nitrogen and oxygen atoms in total. The molecule has 2 aliphatic carbocycles. The van der Waals surface area contributed by atoms with Gasteiger partial charge in [-0.15, -0.1) is 0 Å². The van der Waals surface area contributed by atoms with Crippen molar-refractivity contribution in [2.45, 2.75) is 28.5 Å². The van der Waals surface area contributed by atoms with Crippen molar-refractivity contribution in [1.29, 1.82) is 0 Å². The molecule has 9 heteroatoms. The predicted octanol–water partition coefficient (Wildman–Crippen LogP) is 4.98. The summed E-state index contributed by atoms with van der Waals surface area (Å²) in [4.78, 5) is 54.2. The van der Waals surface area contributed by atoms with Gasteiger partial charge in [0.15, 0.2) is 12.4 Å². The Morgan fingerprint density at radius 3 is 2.08 bits per heavy atom. The van der Waals surface area contributed by atoms with Crippen LogP contribution in [-0.4, -0.2) is 62.8 Å². The molecular weight excluding hydrogens is 622 g/mol. The smallest absolute Gasteiger partial charge is 0.329 e. The van der Waals surface area contributed by atoms with Gasteiger partial charge >= 0.3 is 5.97 Å². The van der Waals surface area contributed by atoms with Gasteiger partial charge in [-0.05, 0) is 47.8 Å². The van der Waals surface area contributed by atoms with E-state index >= 15 is 0 Å². The molecule has 37 heavy (non-hydrogen) atoms. The van der Waals surface area contributed by atoms with Crippen LogP contribution in [0.15, 0.2) is 54.6 Å². The number of alkyl halides is 2. The van der Waals surface area contributed by atoms with Crippen LogP contribution in [0.5, 0.6) is 0 Å². The quantitative estimate of drug-likeness (QED) is 0.165. The second-order valence-corrected chi connectivity index (χ2v) is 12.9. The van der Waals surface area contributed by atoms with Gasteiger partial charge in [0.1, 0.15) is 6.04 Å². The van der Waals surface area contributed by atoms with Crippen LogP contribution >= 0.6 is 43.6 Å². The van der Waals surface area contributed by atoms with Crippen LogP contribution in [0.1, 0.15) is 23.2 Å². The van der Waals surface area contributed by atoms with Gasteiger partial charge in [-0.1, -0.05) is 86.5 Å². The summed E-state index contributed by atoms with van der Waals surface area (Å²) >= 11 is 8.91. The number of rotatable bonds is 9. The maximum absolute atomic E-state index is 13.4. The highest BCUT2D eigenvalue weighted by Crippen LogP contribution is 2.60. The van der Waals surface area contributed by atoms with Crippen molar-refractivity contribution >= 4 is 67.2 Å². The van der Waals surface area contributed by atoms with E-state index in [0.717, 1.165) is 22.4 Å². The molecule has 194 valence electrons. The zero-order valence-corrected chi connectivity index (χ0v) is 24.2. The number of likely N-dealkylation sites (tertiary alicyclic amines) is 1. The van der Waals surface area contributed by atoms with Gasteiger partial charge in [-0.2, -0.15) is 11.8 Å². The van der Waals surface area contributed by atoms with E-state index in [1.54, 1.807) is 12.1 Å². The summed E-state index contributed by atoms with van der Waals surface area (Å²) in [7, 11) is 0. The van der Waals surface area contributed by atoms with Crippen LogP contribution in [-0.2, 0) is 19.1 Å². The number of ketones is 1. The molecule has 2 bridgehead atoms. The van der Waals surface area contributed by atoms with Crippen molar-refractivity contribution in [2.24, 2.45) is 23.7 Å². The molecular formula is C28H27Br2NO5S. The summed E-state index contributed by atoms with van der Waals surface area (Å²) in [5.41, 5.74) is 2.45. The molecule has 0 radical (unpaired) electrons. The van der Waals surface area contributed by atoms with E-state index in [1.165, 1.54) is 11.8 Å². The molecule has 1 heterocycles. The Kier molecular flexibility index (Phi) is 7.93. The number of carbonyl (C=O) groups is 4. The number of fused-ring (bicyclic) bond motifs is 5. The van der Waals surface area contributed by atoms with Crippen molar-refractivity contribution in [2.75, 3.05) is 18.6 Å². The molecule has 5 rings (SSSR count). The summed E-state index contributed by atoms with van der Waals surface area (Å²) < 4.78 is 5.41. The van der Waals surface area contributed by atoms with Crippen LogP contribution in [0, 0.1) is 23.7 Å². The molecule has 7 atom stereocenters. The average molecular weight is 649 g/mol. The topological polar surface area (TPSA) is 80.8 Å². The third-order valence-electron chi connectivity index (χ3n) is 7.86. The van der Waals surface area contributed by atoms with Crippen LogP contribution < -0.4 is 0 Å². The second kappa shape index (κ2) is 11.0. The Balaban J connectivity index is 1.27. The first kappa shape index (κ1) is 26.6. The lowest BCUT2D eigenvalue weighted by atomic mass is 9.81. The van der Waals surface area contributed by atoms with Gasteiger partial charge in [-0.3, -0.25) is 19.3 Å². The van der Waals surface area contributed by atoms with E-state index in [-0.39, 0.29) is 39.1 Å². The third kappa shape index (κ3) is 4.83. The average Bonchev–Trinajstić information content (AvgIpc) is 3.53. The van der Waals surface area contributed by atoms with Gasteiger partial charge in [-0.25, -0.2) is 4.79 Å². The Bertz CT molecular complexity index is 1170. The van der Waals surface area contributed by atoms with E-state index in [4.69, 9.17) is 4.74 Å². The maximum Gasteiger partial charge on any atom is 0.329 e. The zero-order chi connectivity index (χ0) is 26.3. The molecule has 3 aliphatic rings. The number of imide groups is 1. The van der Waals surface area contributed by atoms with Crippen molar-refractivity contribution in [3.8, 4) is 11.1 Å². The number of Topliss-reactive ketones (excluding diaryl/α,β-unsaturated/α-hetero) is 1. The fourth-order valence-corrected chi connectivity index (χ4v) is 8.39. The molecule has 2 aromatic rings. The summed E-state index contributed by atoms with van der Waals surface area (Å²) in [5.74, 6) is -1.69. The SMILES string of the molecule is CSCC[C@H](C(=O)OCC(=O)c1ccc(-c2ccccc2)cc1)N1C(=O)[C@H]2[C@@H]3C[C@H]([C@@H](Br)[C@H]3Br)[C@@H]2C1=O. The summed E-state index contributed by atoms with van der Waals surface area (Å²) in [6, 6.07) is 15.9. The lowest BCUT2D eigenvalue weighted by molar-refractivity contribution is -0.158. The van der Waals surface area contributed by atoms with Crippen molar-refractivity contribution in [3.63, 3.8) is 0 Å². The Morgan fingerprint density at radius 1 is 0.946 bits per heavy atom. The number of hydrogen-bond acceptors (Lipinski definition) is 6. The maximum atomic E-state index is 13.4. The van der Waals surface area contributed by atoms with Gasteiger partial charge in [0.2, 0.25) is 11.8 Å². The molecule has 0 spiro atoms. The number of thioether (sulfide) groups is 1. The first-order valence-electron chi connectivity index (χ1n) is 12.3. The molecule has 0 aromatic heterocycles. The van der Waals surface area contributed by atoms with E-state index in [9.17, 15) is 19.2 Å². The normalized spacial score (nSPS) is 28.9. The molecule has 0 N–H and O–H groups in total. The minimum atomic E-state index is -1.02. The Morgan fingerprint density at radius 2 is 1.51 bits per heavy atom. The Labute approximate surface area is 237 Å². The molecule has 2 aromatic carbocycles. The number of hydrogen-bond donors (Lipinski definition) is 0. The fraction of sp³-hybridized carbons (Fsp3) is 0.429. The zero-order valence-electron chi connectivity index (χ0n) is 20.2. The lowest BCUT2D eigenvalue weighted by Gasteiger charge is -2.28. The summed E-state index contributed by atoms with van der Waals surface area (Å²) in [6.45, 7) is -0.444. The van der Waals surface area contributed by atoms with Crippen LogP contribution in [0.25, 0.3) is 11.1 Å². The molecule has 3 fully saturated rings. The Hall–Kier alpha value is -1.97. The van der Waals surface area contributed by atoms with Crippen molar-refractivity contribution in [3.05, 3.63) is 60.2 Å². The van der Waals surface area contributed by atoms with Crippen LogP contribution in [0.4, 0.5) is 0 Å².